The van der Waals surface area contributed by atoms with E-state index in [0.29, 0.717) is 5.92 Å². The highest BCUT2D eigenvalue weighted by Gasteiger charge is 2.28. The molecule has 1 aliphatic carbocycles. The van der Waals surface area contributed by atoms with E-state index in [0.717, 1.165) is 42.2 Å². The highest BCUT2D eigenvalue weighted by molar-refractivity contribution is 9.10. The van der Waals surface area contributed by atoms with Crippen molar-refractivity contribution in [2.45, 2.75) is 38.3 Å². The van der Waals surface area contributed by atoms with Crippen molar-refractivity contribution >= 4 is 15.9 Å². The van der Waals surface area contributed by atoms with Crippen molar-refractivity contribution in [3.63, 3.8) is 0 Å². The fourth-order valence-corrected chi connectivity index (χ4v) is 3.21. The molecular weight excluding hydrogens is 328 g/mol. The van der Waals surface area contributed by atoms with Crippen molar-refractivity contribution in [2.75, 3.05) is 6.54 Å². The monoisotopic (exact) mass is 344 g/mol. The molecule has 0 radical (unpaired) electrons. The van der Waals surface area contributed by atoms with Crippen LogP contribution in [0.3, 0.4) is 0 Å². The van der Waals surface area contributed by atoms with Crippen molar-refractivity contribution < 1.29 is 0 Å². The van der Waals surface area contributed by atoms with Crippen molar-refractivity contribution in [3.8, 4) is 0 Å². The molecule has 1 saturated carbocycles. The topological polar surface area (TPSA) is 41.9 Å². The maximum absolute atomic E-state index is 4.77. The summed E-state index contributed by atoms with van der Waals surface area (Å²) in [5.41, 5.74) is 3.63. The van der Waals surface area contributed by atoms with Crippen molar-refractivity contribution in [3.05, 3.63) is 51.8 Å². The fraction of sp³-hybridized carbons (Fsp3) is 0.438. The molecular formula is C16H17BrN4. The summed E-state index contributed by atoms with van der Waals surface area (Å²) in [5, 5.41) is 0. The summed E-state index contributed by atoms with van der Waals surface area (Å²) in [6.07, 6.45) is 5.58. The Hall–Kier alpha value is -1.33. The molecule has 4 rings (SSSR count). The molecule has 0 N–H and O–H groups in total. The van der Waals surface area contributed by atoms with Crippen LogP contribution in [0.2, 0.25) is 0 Å². The molecule has 0 aromatic carbocycles. The van der Waals surface area contributed by atoms with Crippen LogP contribution in [0.1, 0.15) is 41.5 Å². The van der Waals surface area contributed by atoms with Crippen LogP contribution in [0, 0.1) is 0 Å². The lowest BCUT2D eigenvalue weighted by Gasteiger charge is -2.27. The van der Waals surface area contributed by atoms with E-state index in [1.807, 2.05) is 18.3 Å². The summed E-state index contributed by atoms with van der Waals surface area (Å²) in [6, 6.07) is 6.07. The Labute approximate surface area is 132 Å². The van der Waals surface area contributed by atoms with Crippen LogP contribution in [0.5, 0.6) is 0 Å². The molecule has 1 fully saturated rings. The Morgan fingerprint density at radius 2 is 2.14 bits per heavy atom. The molecule has 0 bridgehead atoms. The largest absolute Gasteiger partial charge is 0.293 e. The number of fused-ring (bicyclic) bond motifs is 1. The minimum atomic E-state index is 0.638. The first-order valence-corrected chi connectivity index (χ1v) is 8.26. The summed E-state index contributed by atoms with van der Waals surface area (Å²) in [6.45, 7) is 2.85. The summed E-state index contributed by atoms with van der Waals surface area (Å²) in [5.74, 6) is 1.70. The Bertz CT molecular complexity index is 669. The Kier molecular flexibility index (Phi) is 3.47. The van der Waals surface area contributed by atoms with Gasteiger partial charge in [-0.3, -0.25) is 4.90 Å². The number of pyridine rings is 1. The van der Waals surface area contributed by atoms with Gasteiger partial charge in [0.05, 0.1) is 5.69 Å². The van der Waals surface area contributed by atoms with E-state index < -0.39 is 0 Å². The summed E-state index contributed by atoms with van der Waals surface area (Å²) >= 11 is 3.43. The average Bonchev–Trinajstić information content (AvgIpc) is 3.31. The Morgan fingerprint density at radius 1 is 1.24 bits per heavy atom. The minimum Gasteiger partial charge on any atom is -0.293 e. The third-order valence-electron chi connectivity index (χ3n) is 4.13. The zero-order valence-electron chi connectivity index (χ0n) is 11.8. The highest BCUT2D eigenvalue weighted by atomic mass is 79.9. The van der Waals surface area contributed by atoms with Crippen LogP contribution in [0.4, 0.5) is 0 Å². The van der Waals surface area contributed by atoms with Crippen molar-refractivity contribution in [2.24, 2.45) is 0 Å². The Morgan fingerprint density at radius 3 is 2.95 bits per heavy atom. The van der Waals surface area contributed by atoms with Gasteiger partial charge in [-0.05, 0) is 40.9 Å². The zero-order valence-corrected chi connectivity index (χ0v) is 13.4. The number of halogens is 1. The predicted octanol–water partition coefficient (Wildman–Crippen LogP) is 3.07. The molecule has 0 amide bonds. The van der Waals surface area contributed by atoms with Crippen LogP contribution >= 0.6 is 15.9 Å². The van der Waals surface area contributed by atoms with E-state index in [1.165, 1.54) is 24.1 Å². The van der Waals surface area contributed by atoms with Gasteiger partial charge < -0.3 is 0 Å². The lowest BCUT2D eigenvalue weighted by Crippen LogP contribution is -2.31. The summed E-state index contributed by atoms with van der Waals surface area (Å²) < 4.78 is 0.898. The van der Waals surface area contributed by atoms with Crippen LogP contribution in [0.25, 0.3) is 0 Å². The second kappa shape index (κ2) is 5.46. The first-order chi connectivity index (χ1) is 10.3. The molecule has 0 unspecified atom stereocenters. The molecule has 108 valence electrons. The maximum atomic E-state index is 4.77. The van der Waals surface area contributed by atoms with E-state index in [2.05, 4.69) is 36.9 Å². The van der Waals surface area contributed by atoms with Crippen LogP contribution in [-0.4, -0.2) is 26.4 Å². The lowest BCUT2D eigenvalue weighted by molar-refractivity contribution is 0.239. The lowest BCUT2D eigenvalue weighted by atomic mass is 10.1. The predicted molar refractivity (Wildman–Crippen MR) is 83.8 cm³/mol. The molecule has 0 atom stereocenters. The molecule has 2 aliphatic rings. The zero-order chi connectivity index (χ0) is 14.2. The number of aromatic nitrogens is 3. The molecule has 5 heteroatoms. The number of hydrogen-bond donors (Lipinski definition) is 0. The first-order valence-electron chi connectivity index (χ1n) is 7.46. The Balaban J connectivity index is 1.48. The third-order valence-corrected chi connectivity index (χ3v) is 4.57. The number of rotatable bonds is 3. The van der Waals surface area contributed by atoms with Gasteiger partial charge >= 0.3 is 0 Å². The second-order valence-electron chi connectivity index (χ2n) is 5.89. The molecule has 0 saturated heterocycles. The van der Waals surface area contributed by atoms with Gasteiger partial charge in [0.1, 0.15) is 10.4 Å². The molecule has 3 heterocycles. The van der Waals surface area contributed by atoms with Crippen molar-refractivity contribution in [1.82, 2.24) is 19.9 Å². The number of hydrogen-bond acceptors (Lipinski definition) is 4. The van der Waals surface area contributed by atoms with Gasteiger partial charge in [0.2, 0.25) is 0 Å². The van der Waals surface area contributed by atoms with Gasteiger partial charge in [-0.1, -0.05) is 6.07 Å². The molecule has 2 aromatic rings. The summed E-state index contributed by atoms with van der Waals surface area (Å²) in [4.78, 5) is 16.2. The SMILES string of the molecule is Brc1cccc(CN2CCc3nc(C4CC4)ncc3C2)n1. The second-order valence-corrected chi connectivity index (χ2v) is 6.70. The molecule has 21 heavy (non-hydrogen) atoms. The van der Waals surface area contributed by atoms with Crippen molar-refractivity contribution in [1.29, 1.82) is 0 Å². The molecule has 1 aliphatic heterocycles. The van der Waals surface area contributed by atoms with E-state index in [1.54, 1.807) is 0 Å². The van der Waals surface area contributed by atoms with E-state index in [9.17, 15) is 0 Å². The normalized spacial score (nSPS) is 18.5. The molecule has 4 nitrogen and oxygen atoms in total. The van der Waals surface area contributed by atoms with Gasteiger partial charge in [-0.2, -0.15) is 0 Å². The third kappa shape index (κ3) is 2.99. The maximum Gasteiger partial charge on any atom is 0.131 e. The smallest absolute Gasteiger partial charge is 0.131 e. The van der Waals surface area contributed by atoms with E-state index >= 15 is 0 Å². The average molecular weight is 345 g/mol. The van der Waals surface area contributed by atoms with Crippen LogP contribution in [0.15, 0.2) is 29.0 Å². The van der Waals surface area contributed by atoms with Gasteiger partial charge in [0.25, 0.3) is 0 Å². The first kappa shape index (κ1) is 13.3. The van der Waals surface area contributed by atoms with E-state index in [-0.39, 0.29) is 0 Å². The minimum absolute atomic E-state index is 0.638. The van der Waals surface area contributed by atoms with Crippen LogP contribution in [-0.2, 0) is 19.5 Å². The molecule has 0 spiro atoms. The van der Waals surface area contributed by atoms with Crippen LogP contribution < -0.4 is 0 Å². The van der Waals surface area contributed by atoms with Gasteiger partial charge in [0, 0.05) is 49.4 Å². The standard InChI is InChI=1S/C16H17BrN4/c17-15-3-1-2-13(19-15)10-21-7-6-14-12(9-21)8-18-16(20-14)11-4-5-11/h1-3,8,11H,4-7,9-10H2. The van der Waals surface area contributed by atoms with Gasteiger partial charge in [-0.25, -0.2) is 15.0 Å². The highest BCUT2D eigenvalue weighted by Crippen LogP contribution is 2.38. The fourth-order valence-electron chi connectivity index (χ4n) is 2.83. The van der Waals surface area contributed by atoms with E-state index in [4.69, 9.17) is 4.98 Å². The molecule has 2 aromatic heterocycles. The number of nitrogens with zero attached hydrogens (tertiary/aromatic N) is 4. The van der Waals surface area contributed by atoms with Gasteiger partial charge in [-0.15, -0.1) is 0 Å². The summed E-state index contributed by atoms with van der Waals surface area (Å²) in [7, 11) is 0. The van der Waals surface area contributed by atoms with Gasteiger partial charge in [0.15, 0.2) is 0 Å². The quantitative estimate of drug-likeness (QED) is 0.802.